The first-order valence-electron chi connectivity index (χ1n) is 5.94. The van der Waals surface area contributed by atoms with Crippen LogP contribution >= 0.6 is 0 Å². The predicted molar refractivity (Wildman–Crippen MR) is 66.7 cm³/mol. The van der Waals surface area contributed by atoms with Gasteiger partial charge in [0.1, 0.15) is 24.2 Å². The highest BCUT2D eigenvalue weighted by atomic mass is 16.8. The van der Waals surface area contributed by atoms with E-state index >= 15 is 0 Å². The van der Waals surface area contributed by atoms with Crippen molar-refractivity contribution in [3.63, 3.8) is 0 Å². The van der Waals surface area contributed by atoms with Crippen LogP contribution in [0.15, 0.2) is 24.4 Å². The van der Waals surface area contributed by atoms with Crippen molar-refractivity contribution in [2.45, 2.75) is 12.7 Å². The lowest BCUT2D eigenvalue weighted by Crippen LogP contribution is -2.33. The van der Waals surface area contributed by atoms with Crippen LogP contribution in [0.3, 0.4) is 0 Å². The van der Waals surface area contributed by atoms with Crippen LogP contribution in [-0.2, 0) is 28.5 Å². The van der Waals surface area contributed by atoms with Gasteiger partial charge in [-0.15, -0.1) is 0 Å². The highest BCUT2D eigenvalue weighted by Gasteiger charge is 2.37. The van der Waals surface area contributed by atoms with Crippen molar-refractivity contribution in [2.24, 2.45) is 5.92 Å². The Bertz CT molecular complexity index is 425. The van der Waals surface area contributed by atoms with E-state index in [-0.39, 0.29) is 24.5 Å². The average molecular weight is 283 g/mol. The van der Waals surface area contributed by atoms with Gasteiger partial charge in [0.2, 0.25) is 6.29 Å². The van der Waals surface area contributed by atoms with Gasteiger partial charge in [0.25, 0.3) is 5.95 Å². The number of nitrogens with zero attached hydrogens (tertiary/aromatic N) is 1. The number of hydrogen-bond donors (Lipinski definition) is 0. The molecule has 20 heavy (non-hydrogen) atoms. The number of ether oxygens (including phenoxy) is 5. The maximum atomic E-state index is 11.7. The third-order valence-corrected chi connectivity index (χ3v) is 2.65. The summed E-state index contributed by atoms with van der Waals surface area (Å²) in [7, 11) is 2.61. The van der Waals surface area contributed by atoms with Crippen molar-refractivity contribution in [1.82, 2.24) is 0 Å². The number of rotatable bonds is 7. The number of esters is 1. The summed E-state index contributed by atoms with van der Waals surface area (Å²) in [5.41, 5.74) is 0.0986. The van der Waals surface area contributed by atoms with Gasteiger partial charge < -0.3 is 23.7 Å². The molecule has 0 aromatic heterocycles. The smallest absolute Gasteiger partial charge is 0.314 e. The summed E-state index contributed by atoms with van der Waals surface area (Å²) in [6, 6.07) is 1.90. The Morgan fingerprint density at radius 3 is 2.85 bits per heavy atom. The van der Waals surface area contributed by atoms with Gasteiger partial charge in [-0.1, -0.05) is 6.58 Å². The van der Waals surface area contributed by atoms with Crippen molar-refractivity contribution in [3.8, 4) is 6.07 Å². The van der Waals surface area contributed by atoms with Crippen LogP contribution in [0.1, 0.15) is 6.42 Å². The monoisotopic (exact) mass is 283 g/mol. The van der Waals surface area contributed by atoms with Crippen LogP contribution < -0.4 is 0 Å². The zero-order chi connectivity index (χ0) is 15.0. The fourth-order valence-electron chi connectivity index (χ4n) is 1.73. The van der Waals surface area contributed by atoms with E-state index < -0.39 is 18.2 Å². The third-order valence-electron chi connectivity index (χ3n) is 2.65. The molecule has 0 saturated heterocycles. The topological polar surface area (TPSA) is 87.0 Å². The summed E-state index contributed by atoms with van der Waals surface area (Å²) < 4.78 is 25.3. The van der Waals surface area contributed by atoms with Gasteiger partial charge in [-0.25, -0.2) is 0 Å². The summed E-state index contributed by atoms with van der Waals surface area (Å²) in [5, 5.41) is 9.09. The SMILES string of the molecule is C=COCCOC1CC(C(=O)OC)C(C#N)=C(OC)O1. The molecule has 0 spiro atoms. The maximum absolute atomic E-state index is 11.7. The lowest BCUT2D eigenvalue weighted by Gasteiger charge is -2.29. The summed E-state index contributed by atoms with van der Waals surface area (Å²) in [6.45, 7) is 3.97. The molecule has 2 atom stereocenters. The second-order valence-corrected chi connectivity index (χ2v) is 3.78. The van der Waals surface area contributed by atoms with E-state index in [4.69, 9.17) is 24.2 Å². The van der Waals surface area contributed by atoms with Gasteiger partial charge in [0.05, 0.1) is 27.1 Å². The van der Waals surface area contributed by atoms with E-state index in [1.54, 1.807) is 0 Å². The highest BCUT2D eigenvalue weighted by molar-refractivity contribution is 5.77. The normalized spacial score (nSPS) is 21.4. The molecule has 0 saturated carbocycles. The summed E-state index contributed by atoms with van der Waals surface area (Å²) in [4.78, 5) is 11.7. The average Bonchev–Trinajstić information content (AvgIpc) is 2.49. The van der Waals surface area contributed by atoms with Crippen molar-refractivity contribution in [1.29, 1.82) is 5.26 Å². The van der Waals surface area contributed by atoms with E-state index in [0.29, 0.717) is 6.61 Å². The molecule has 1 rings (SSSR count). The summed E-state index contributed by atoms with van der Waals surface area (Å²) in [5.74, 6) is -1.32. The van der Waals surface area contributed by atoms with E-state index in [1.165, 1.54) is 20.5 Å². The Kier molecular flexibility index (Phi) is 6.40. The largest absolute Gasteiger partial charge is 0.499 e. The second-order valence-electron chi connectivity index (χ2n) is 3.78. The molecule has 7 heteroatoms. The molecule has 1 aliphatic rings. The molecule has 1 aliphatic heterocycles. The summed E-state index contributed by atoms with van der Waals surface area (Å²) in [6.07, 6.45) is 0.771. The number of carbonyl (C=O) groups excluding carboxylic acids is 1. The zero-order valence-corrected chi connectivity index (χ0v) is 11.5. The minimum atomic E-state index is -0.765. The van der Waals surface area contributed by atoms with Gasteiger partial charge >= 0.3 is 5.97 Å². The lowest BCUT2D eigenvalue weighted by atomic mass is 9.95. The molecule has 0 amide bonds. The van der Waals surface area contributed by atoms with Crippen molar-refractivity contribution in [2.75, 3.05) is 27.4 Å². The van der Waals surface area contributed by atoms with Gasteiger partial charge in [-0.3, -0.25) is 4.79 Å². The van der Waals surface area contributed by atoms with E-state index in [2.05, 4.69) is 11.3 Å². The van der Waals surface area contributed by atoms with Crippen LogP contribution in [0.5, 0.6) is 0 Å². The Morgan fingerprint density at radius 2 is 2.30 bits per heavy atom. The van der Waals surface area contributed by atoms with Crippen LogP contribution in [0.4, 0.5) is 0 Å². The molecule has 0 bridgehead atoms. The Labute approximate surface area is 117 Å². The van der Waals surface area contributed by atoms with Gasteiger partial charge in [0, 0.05) is 6.42 Å². The minimum absolute atomic E-state index is 0.0243. The lowest BCUT2D eigenvalue weighted by molar-refractivity contribution is -0.178. The summed E-state index contributed by atoms with van der Waals surface area (Å²) >= 11 is 0. The first-order valence-corrected chi connectivity index (χ1v) is 5.94. The molecule has 0 fully saturated rings. The molecule has 0 aromatic rings. The third kappa shape index (κ3) is 3.90. The highest BCUT2D eigenvalue weighted by Crippen LogP contribution is 2.30. The molecule has 1 heterocycles. The fraction of sp³-hybridized carbons (Fsp3) is 0.538. The quantitative estimate of drug-likeness (QED) is 0.392. The van der Waals surface area contributed by atoms with Crippen molar-refractivity contribution in [3.05, 3.63) is 24.4 Å². The molecule has 7 nitrogen and oxygen atoms in total. The second kappa shape index (κ2) is 8.07. The first kappa shape index (κ1) is 15.9. The zero-order valence-electron chi connectivity index (χ0n) is 11.5. The minimum Gasteiger partial charge on any atom is -0.499 e. The number of methoxy groups -OCH3 is 2. The molecule has 0 aliphatic carbocycles. The fourth-order valence-corrected chi connectivity index (χ4v) is 1.73. The molecule has 0 aromatic carbocycles. The molecule has 2 unspecified atom stereocenters. The Balaban J connectivity index is 2.76. The number of hydrogen-bond acceptors (Lipinski definition) is 7. The Hall–Kier alpha value is -2.20. The number of nitriles is 1. The van der Waals surface area contributed by atoms with E-state index in [0.717, 1.165) is 0 Å². The van der Waals surface area contributed by atoms with Gasteiger partial charge in [-0.05, 0) is 0 Å². The van der Waals surface area contributed by atoms with Crippen LogP contribution in [0.2, 0.25) is 0 Å². The first-order chi connectivity index (χ1) is 9.67. The number of carbonyl (C=O) groups is 1. The molecular weight excluding hydrogens is 266 g/mol. The maximum Gasteiger partial charge on any atom is 0.314 e. The van der Waals surface area contributed by atoms with Crippen molar-refractivity contribution >= 4 is 5.97 Å². The van der Waals surface area contributed by atoms with Crippen molar-refractivity contribution < 1.29 is 28.5 Å². The van der Waals surface area contributed by atoms with Gasteiger partial charge in [0.15, 0.2) is 0 Å². The van der Waals surface area contributed by atoms with E-state index in [1.807, 2.05) is 6.07 Å². The molecule has 0 N–H and O–H groups in total. The predicted octanol–water partition coefficient (Wildman–Crippen LogP) is 1.08. The van der Waals surface area contributed by atoms with Gasteiger partial charge in [-0.2, -0.15) is 5.26 Å². The molecule has 110 valence electrons. The van der Waals surface area contributed by atoms with Crippen LogP contribution in [-0.4, -0.2) is 39.7 Å². The van der Waals surface area contributed by atoms with E-state index in [9.17, 15) is 4.79 Å². The van der Waals surface area contributed by atoms with Crippen LogP contribution in [0.25, 0.3) is 0 Å². The molecular formula is C13H17NO6. The molecule has 0 radical (unpaired) electrons. The standard InChI is InChI=1S/C13H17NO6/c1-4-18-5-6-19-11-7-9(12(15)16-2)10(8-14)13(17-3)20-11/h4,9,11H,1,5-7H2,2-3H3. The Morgan fingerprint density at radius 1 is 1.55 bits per heavy atom. The van der Waals surface area contributed by atoms with Crippen LogP contribution in [0, 0.1) is 17.2 Å².